The molecule has 1 N–H and O–H groups in total. The number of benzene rings is 2. The molecule has 1 amide bonds. The first-order valence-electron chi connectivity index (χ1n) is 11.3. The maximum Gasteiger partial charge on any atom is 0.284 e. The zero-order valence-electron chi connectivity index (χ0n) is 19.3. The number of nitrogens with one attached hydrogen (secondary N) is 1. The van der Waals surface area contributed by atoms with Crippen LogP contribution in [0.3, 0.4) is 0 Å². The quantitative estimate of drug-likeness (QED) is 0.524. The molecule has 0 atom stereocenters. The second-order valence-electron chi connectivity index (χ2n) is 8.48. The zero-order valence-corrected chi connectivity index (χ0v) is 21.0. The third-order valence-electron chi connectivity index (χ3n) is 5.67. The number of sulfonamides is 1. The Morgan fingerprint density at radius 1 is 1.15 bits per heavy atom. The van der Waals surface area contributed by atoms with Gasteiger partial charge in [0.15, 0.2) is 0 Å². The zero-order chi connectivity index (χ0) is 24.1. The summed E-state index contributed by atoms with van der Waals surface area (Å²) in [6.07, 6.45) is 3.77. The van der Waals surface area contributed by atoms with E-state index in [4.69, 9.17) is 0 Å². The van der Waals surface area contributed by atoms with Crippen molar-refractivity contribution in [3.05, 3.63) is 65.2 Å². The number of rotatable bonds is 6. The molecule has 2 aromatic carbocycles. The predicted molar refractivity (Wildman–Crippen MR) is 137 cm³/mol. The van der Waals surface area contributed by atoms with Gasteiger partial charge in [0.2, 0.25) is 5.91 Å². The smallest absolute Gasteiger partial charge is 0.284 e. The van der Waals surface area contributed by atoms with Crippen molar-refractivity contribution in [3.63, 3.8) is 0 Å². The molecule has 0 bridgehead atoms. The van der Waals surface area contributed by atoms with Gasteiger partial charge < -0.3 is 10.2 Å². The normalized spacial score (nSPS) is 15.8. The first-order chi connectivity index (χ1) is 16.3. The summed E-state index contributed by atoms with van der Waals surface area (Å²) in [5.74, 6) is 0.324. The molecule has 178 valence electrons. The number of amides is 1. The number of carbonyl (C=O) groups excluding carboxylic acids is 1. The Hall–Kier alpha value is -3.04. The Balaban J connectivity index is 1.44. The Bertz CT molecular complexity index is 1300. The van der Waals surface area contributed by atoms with Crippen molar-refractivity contribution in [1.82, 2.24) is 9.88 Å². The Morgan fingerprint density at radius 2 is 1.94 bits per heavy atom. The molecule has 9 heteroatoms. The summed E-state index contributed by atoms with van der Waals surface area (Å²) < 4.78 is 29.9. The van der Waals surface area contributed by atoms with Gasteiger partial charge >= 0.3 is 0 Å². The summed E-state index contributed by atoms with van der Waals surface area (Å²) in [6, 6.07) is 14.3. The second kappa shape index (κ2) is 10.5. The second-order valence-corrected chi connectivity index (χ2v) is 10.9. The molecule has 1 aliphatic rings. The number of aryl methyl sites for hydroxylation is 1. The standard InChI is InChI=1S/C25H28N4O3S2/c1-18-10-12-19(13-11-18)25-27-21(17-33-25)16-24(30)26-20-7-6-8-22(15-20)34(31,32)28-23-9-4-3-5-14-29(23)2/h6-8,10-13,15,17H,3-5,9,14,16H2,1-2H3,(H,26,30)/b28-23+. The summed E-state index contributed by atoms with van der Waals surface area (Å²) in [7, 11) is -2.00. The molecule has 0 saturated carbocycles. The van der Waals surface area contributed by atoms with Crippen molar-refractivity contribution in [1.29, 1.82) is 0 Å². The van der Waals surface area contributed by atoms with Crippen LogP contribution in [-0.2, 0) is 21.2 Å². The molecular formula is C25H28N4O3S2. The number of nitrogens with zero attached hydrogens (tertiary/aromatic N) is 3. The van der Waals surface area contributed by atoms with Gasteiger partial charge in [-0.2, -0.15) is 8.42 Å². The number of carbonyl (C=O) groups is 1. The fourth-order valence-corrected chi connectivity index (χ4v) is 5.72. The van der Waals surface area contributed by atoms with Gasteiger partial charge in [0.25, 0.3) is 10.0 Å². The topological polar surface area (TPSA) is 91.7 Å². The minimum absolute atomic E-state index is 0.0609. The summed E-state index contributed by atoms with van der Waals surface area (Å²) in [6.45, 7) is 2.83. The first kappa shape index (κ1) is 24.1. The molecular weight excluding hydrogens is 468 g/mol. The van der Waals surface area contributed by atoms with E-state index in [1.54, 1.807) is 12.1 Å². The van der Waals surface area contributed by atoms with E-state index in [0.717, 1.165) is 36.4 Å². The number of hydrogen-bond acceptors (Lipinski definition) is 5. The van der Waals surface area contributed by atoms with Crippen LogP contribution in [0.5, 0.6) is 0 Å². The highest BCUT2D eigenvalue weighted by molar-refractivity contribution is 7.90. The van der Waals surface area contributed by atoms with E-state index in [-0.39, 0.29) is 17.2 Å². The van der Waals surface area contributed by atoms with E-state index < -0.39 is 10.0 Å². The van der Waals surface area contributed by atoms with Gasteiger partial charge in [-0.3, -0.25) is 4.79 Å². The fraction of sp³-hybridized carbons (Fsp3) is 0.320. The lowest BCUT2D eigenvalue weighted by Crippen LogP contribution is -2.26. The average molecular weight is 497 g/mol. The molecule has 0 unspecified atom stereocenters. The minimum atomic E-state index is -3.87. The first-order valence-corrected chi connectivity index (χ1v) is 13.6. The third-order valence-corrected chi connectivity index (χ3v) is 7.91. The largest absolute Gasteiger partial charge is 0.362 e. The van der Waals surface area contributed by atoms with E-state index in [2.05, 4.69) is 14.7 Å². The van der Waals surface area contributed by atoms with Gasteiger partial charge in [0.05, 0.1) is 17.0 Å². The Labute approximate surface area is 204 Å². The minimum Gasteiger partial charge on any atom is -0.362 e. The molecule has 2 heterocycles. The number of aromatic nitrogens is 1. The monoisotopic (exact) mass is 496 g/mol. The van der Waals surface area contributed by atoms with Crippen LogP contribution in [0.2, 0.25) is 0 Å². The van der Waals surface area contributed by atoms with Crippen molar-refractivity contribution in [2.45, 2.75) is 43.9 Å². The Morgan fingerprint density at radius 3 is 2.74 bits per heavy atom. The van der Waals surface area contributed by atoms with Gasteiger partial charge in [0.1, 0.15) is 10.8 Å². The lowest BCUT2D eigenvalue weighted by Gasteiger charge is -2.17. The molecule has 34 heavy (non-hydrogen) atoms. The van der Waals surface area contributed by atoms with Crippen LogP contribution in [0.15, 0.2) is 63.2 Å². The third kappa shape index (κ3) is 6.09. The summed E-state index contributed by atoms with van der Waals surface area (Å²) in [4.78, 5) is 19.1. The summed E-state index contributed by atoms with van der Waals surface area (Å²) in [5.41, 5.74) is 3.28. The Kier molecular flexibility index (Phi) is 7.43. The number of thiazole rings is 1. The SMILES string of the molecule is Cc1ccc(-c2nc(CC(=O)Nc3cccc(S(=O)(=O)/N=C4\CCCCCN4C)c3)cs2)cc1. The van der Waals surface area contributed by atoms with Gasteiger partial charge in [-0.05, 0) is 38.0 Å². The molecule has 1 aliphatic heterocycles. The number of amidine groups is 1. The molecule has 7 nitrogen and oxygen atoms in total. The highest BCUT2D eigenvalue weighted by Crippen LogP contribution is 2.25. The van der Waals surface area contributed by atoms with Gasteiger partial charge in [0, 0.05) is 36.6 Å². The summed E-state index contributed by atoms with van der Waals surface area (Å²) >= 11 is 1.49. The van der Waals surface area contributed by atoms with Crippen molar-refractivity contribution in [3.8, 4) is 10.6 Å². The molecule has 0 radical (unpaired) electrons. The molecule has 3 aromatic rings. The predicted octanol–water partition coefficient (Wildman–Crippen LogP) is 4.89. The van der Waals surface area contributed by atoms with Crippen LogP contribution in [0.25, 0.3) is 10.6 Å². The van der Waals surface area contributed by atoms with Gasteiger partial charge in [-0.25, -0.2) is 4.98 Å². The van der Waals surface area contributed by atoms with E-state index in [9.17, 15) is 13.2 Å². The maximum atomic E-state index is 12.9. The lowest BCUT2D eigenvalue weighted by molar-refractivity contribution is -0.115. The van der Waals surface area contributed by atoms with Crippen molar-refractivity contribution >= 4 is 38.8 Å². The molecule has 4 rings (SSSR count). The van der Waals surface area contributed by atoms with E-state index >= 15 is 0 Å². The number of likely N-dealkylation sites (tertiary alicyclic amines) is 1. The van der Waals surface area contributed by atoms with Gasteiger partial charge in [-0.1, -0.05) is 42.3 Å². The molecule has 1 saturated heterocycles. The number of anilines is 1. The molecule has 1 aromatic heterocycles. The molecule has 0 spiro atoms. The van der Waals surface area contributed by atoms with Crippen LogP contribution in [0, 0.1) is 6.92 Å². The molecule has 0 aliphatic carbocycles. The van der Waals surface area contributed by atoms with Crippen molar-refractivity contribution in [2.24, 2.45) is 4.40 Å². The summed E-state index contributed by atoms with van der Waals surface area (Å²) in [5, 5.41) is 5.51. The van der Waals surface area contributed by atoms with E-state index in [0.29, 0.717) is 23.6 Å². The molecule has 1 fully saturated rings. The van der Waals surface area contributed by atoms with Crippen molar-refractivity contribution in [2.75, 3.05) is 18.9 Å². The van der Waals surface area contributed by atoms with E-state index in [1.165, 1.54) is 29.0 Å². The van der Waals surface area contributed by atoms with Crippen LogP contribution < -0.4 is 5.32 Å². The lowest BCUT2D eigenvalue weighted by atomic mass is 10.2. The van der Waals surface area contributed by atoms with Crippen LogP contribution in [0.4, 0.5) is 5.69 Å². The van der Waals surface area contributed by atoms with Gasteiger partial charge in [-0.15, -0.1) is 15.7 Å². The highest BCUT2D eigenvalue weighted by Gasteiger charge is 2.19. The van der Waals surface area contributed by atoms with Crippen LogP contribution in [0.1, 0.15) is 36.9 Å². The van der Waals surface area contributed by atoms with Crippen molar-refractivity contribution < 1.29 is 13.2 Å². The number of hydrogen-bond donors (Lipinski definition) is 1. The van der Waals surface area contributed by atoms with Crippen LogP contribution >= 0.6 is 11.3 Å². The maximum absolute atomic E-state index is 12.9. The van der Waals surface area contributed by atoms with E-state index in [1.807, 2.05) is 48.5 Å². The average Bonchev–Trinajstić information content (AvgIpc) is 3.17. The van der Waals surface area contributed by atoms with Crippen LogP contribution in [-0.4, -0.2) is 43.6 Å². The fourth-order valence-electron chi connectivity index (χ4n) is 3.76. The highest BCUT2D eigenvalue weighted by atomic mass is 32.2.